The Bertz CT molecular complexity index is 405. The summed E-state index contributed by atoms with van der Waals surface area (Å²) in [6.07, 6.45) is 3.36. The first-order chi connectivity index (χ1) is 9.15. The molecule has 2 rings (SSSR count). The number of nitrogens with zero attached hydrogens (tertiary/aromatic N) is 1. The molecule has 4 heteroatoms. The Morgan fingerprint density at radius 3 is 2.74 bits per heavy atom. The van der Waals surface area contributed by atoms with E-state index in [0.29, 0.717) is 18.2 Å². The zero-order chi connectivity index (χ0) is 13.7. The third-order valence-corrected chi connectivity index (χ3v) is 3.72. The molecule has 0 radical (unpaired) electrons. The fraction of sp³-hybridized carbons (Fsp3) is 0.600. The second-order valence-corrected chi connectivity index (χ2v) is 5.67. The van der Waals surface area contributed by atoms with Gasteiger partial charge in [0, 0.05) is 11.6 Å². The number of rotatable bonds is 5. The lowest BCUT2D eigenvalue weighted by atomic mass is 10.1. The normalized spacial score (nSPS) is 18.3. The lowest BCUT2D eigenvalue weighted by Crippen LogP contribution is -2.38. The van der Waals surface area contributed by atoms with Gasteiger partial charge < -0.3 is 14.7 Å². The molecule has 0 spiro atoms. The van der Waals surface area contributed by atoms with Gasteiger partial charge in [-0.05, 0) is 56.6 Å². The third kappa shape index (κ3) is 4.68. The van der Waals surface area contributed by atoms with Crippen molar-refractivity contribution in [2.45, 2.75) is 32.3 Å². The van der Waals surface area contributed by atoms with Crippen LogP contribution in [0.25, 0.3) is 0 Å². The van der Waals surface area contributed by atoms with Crippen LogP contribution in [0, 0.1) is 6.92 Å². The van der Waals surface area contributed by atoms with Gasteiger partial charge in [-0.1, -0.05) is 18.0 Å². The standard InChI is InChI=1S/C15H22ClNO2/c1-12-9-13(16)5-6-15(12)19-11-14(18)10-17-7-3-2-4-8-17/h5-6,9,14,18H,2-4,7-8,10-11H2,1H3/t14-/m1/s1. The van der Waals surface area contributed by atoms with Crippen molar-refractivity contribution < 1.29 is 9.84 Å². The van der Waals surface area contributed by atoms with Gasteiger partial charge in [0.25, 0.3) is 0 Å². The first-order valence-corrected chi connectivity index (χ1v) is 7.32. The van der Waals surface area contributed by atoms with Crippen molar-refractivity contribution >= 4 is 11.6 Å². The number of benzene rings is 1. The highest BCUT2D eigenvalue weighted by Gasteiger charge is 2.15. The van der Waals surface area contributed by atoms with Crippen molar-refractivity contribution in [1.29, 1.82) is 0 Å². The largest absolute Gasteiger partial charge is 0.491 e. The van der Waals surface area contributed by atoms with Crippen LogP contribution in [0.5, 0.6) is 5.75 Å². The minimum atomic E-state index is -0.437. The molecule has 0 aromatic heterocycles. The molecule has 1 saturated heterocycles. The van der Waals surface area contributed by atoms with Crippen LogP contribution in [-0.4, -0.2) is 42.4 Å². The molecule has 1 atom stereocenters. The number of aryl methyl sites for hydroxylation is 1. The van der Waals surface area contributed by atoms with E-state index < -0.39 is 6.10 Å². The van der Waals surface area contributed by atoms with Crippen molar-refractivity contribution in [2.24, 2.45) is 0 Å². The van der Waals surface area contributed by atoms with Crippen molar-refractivity contribution in [3.05, 3.63) is 28.8 Å². The predicted octanol–water partition coefficient (Wildman–Crippen LogP) is 2.87. The van der Waals surface area contributed by atoms with Gasteiger partial charge in [0.2, 0.25) is 0 Å². The Balaban J connectivity index is 1.77. The number of ether oxygens (including phenoxy) is 1. The van der Waals surface area contributed by atoms with Crippen LogP contribution < -0.4 is 4.74 Å². The average Bonchev–Trinajstić information content (AvgIpc) is 2.39. The van der Waals surface area contributed by atoms with Gasteiger partial charge in [-0.3, -0.25) is 0 Å². The summed E-state index contributed by atoms with van der Waals surface area (Å²) >= 11 is 5.90. The number of likely N-dealkylation sites (tertiary alicyclic amines) is 1. The minimum Gasteiger partial charge on any atom is -0.491 e. The van der Waals surface area contributed by atoms with Crippen molar-refractivity contribution in [3.8, 4) is 5.75 Å². The molecule has 0 amide bonds. The molecule has 1 fully saturated rings. The molecule has 19 heavy (non-hydrogen) atoms. The van der Waals surface area contributed by atoms with E-state index in [9.17, 15) is 5.11 Å². The fourth-order valence-corrected chi connectivity index (χ4v) is 2.68. The number of hydrogen-bond acceptors (Lipinski definition) is 3. The lowest BCUT2D eigenvalue weighted by molar-refractivity contribution is 0.0615. The van der Waals surface area contributed by atoms with E-state index in [1.165, 1.54) is 19.3 Å². The molecular weight excluding hydrogens is 262 g/mol. The van der Waals surface area contributed by atoms with Crippen LogP contribution in [0.3, 0.4) is 0 Å². The zero-order valence-corrected chi connectivity index (χ0v) is 12.2. The van der Waals surface area contributed by atoms with E-state index >= 15 is 0 Å². The third-order valence-electron chi connectivity index (χ3n) is 3.49. The summed E-state index contributed by atoms with van der Waals surface area (Å²) in [4.78, 5) is 2.31. The summed E-state index contributed by atoms with van der Waals surface area (Å²) in [7, 11) is 0. The maximum absolute atomic E-state index is 10.0. The fourth-order valence-electron chi connectivity index (χ4n) is 2.45. The molecule has 1 aliphatic rings. The summed E-state index contributed by atoms with van der Waals surface area (Å²) in [5.41, 5.74) is 0.998. The number of hydrogen-bond donors (Lipinski definition) is 1. The Morgan fingerprint density at radius 2 is 2.05 bits per heavy atom. The molecule has 106 valence electrons. The number of piperidine rings is 1. The Labute approximate surface area is 120 Å². The predicted molar refractivity (Wildman–Crippen MR) is 78.0 cm³/mol. The monoisotopic (exact) mass is 283 g/mol. The van der Waals surface area contributed by atoms with Crippen molar-refractivity contribution in [3.63, 3.8) is 0 Å². The van der Waals surface area contributed by atoms with Gasteiger partial charge in [0.05, 0.1) is 0 Å². The first-order valence-electron chi connectivity index (χ1n) is 6.94. The Hall–Kier alpha value is -0.770. The average molecular weight is 284 g/mol. The zero-order valence-electron chi connectivity index (χ0n) is 11.4. The summed E-state index contributed by atoms with van der Waals surface area (Å²) in [5.74, 6) is 0.794. The van der Waals surface area contributed by atoms with E-state index in [1.54, 1.807) is 6.07 Å². The molecule has 0 unspecified atom stereocenters. The Kier molecular flexibility index (Phi) is 5.49. The van der Waals surface area contributed by atoms with Gasteiger partial charge >= 0.3 is 0 Å². The van der Waals surface area contributed by atoms with E-state index in [1.807, 2.05) is 19.1 Å². The Morgan fingerprint density at radius 1 is 1.32 bits per heavy atom. The quantitative estimate of drug-likeness (QED) is 0.902. The number of β-amino-alcohol motifs (C(OH)–C–C–N with tert-alkyl or cyclic N) is 1. The smallest absolute Gasteiger partial charge is 0.122 e. The number of halogens is 1. The van der Waals surface area contributed by atoms with Crippen LogP contribution in [0.4, 0.5) is 0 Å². The molecule has 1 aliphatic heterocycles. The molecule has 1 aromatic carbocycles. The van der Waals surface area contributed by atoms with Crippen molar-refractivity contribution in [1.82, 2.24) is 4.90 Å². The molecule has 1 heterocycles. The van der Waals surface area contributed by atoms with Crippen LogP contribution in [0.2, 0.25) is 5.02 Å². The van der Waals surface area contributed by atoms with Crippen LogP contribution >= 0.6 is 11.6 Å². The first kappa shape index (κ1) is 14.6. The van der Waals surface area contributed by atoms with Crippen LogP contribution in [-0.2, 0) is 0 Å². The van der Waals surface area contributed by atoms with E-state index in [-0.39, 0.29) is 0 Å². The van der Waals surface area contributed by atoms with Crippen LogP contribution in [0.1, 0.15) is 24.8 Å². The molecule has 0 aliphatic carbocycles. The number of aliphatic hydroxyl groups excluding tert-OH is 1. The summed E-state index contributed by atoms with van der Waals surface area (Å²) < 4.78 is 5.66. The highest BCUT2D eigenvalue weighted by atomic mass is 35.5. The van der Waals surface area contributed by atoms with E-state index in [0.717, 1.165) is 24.4 Å². The molecule has 0 saturated carbocycles. The van der Waals surface area contributed by atoms with Gasteiger partial charge in [-0.25, -0.2) is 0 Å². The van der Waals surface area contributed by atoms with Gasteiger partial charge in [-0.2, -0.15) is 0 Å². The van der Waals surface area contributed by atoms with Gasteiger partial charge in [-0.15, -0.1) is 0 Å². The second-order valence-electron chi connectivity index (χ2n) is 5.24. The maximum atomic E-state index is 10.0. The molecule has 3 nitrogen and oxygen atoms in total. The summed E-state index contributed by atoms with van der Waals surface area (Å²) in [6.45, 7) is 5.18. The molecule has 1 aromatic rings. The maximum Gasteiger partial charge on any atom is 0.122 e. The van der Waals surface area contributed by atoms with E-state index in [2.05, 4.69) is 4.90 Å². The highest BCUT2D eigenvalue weighted by molar-refractivity contribution is 6.30. The lowest BCUT2D eigenvalue weighted by Gasteiger charge is -2.28. The van der Waals surface area contributed by atoms with Gasteiger partial charge in [0.1, 0.15) is 18.5 Å². The van der Waals surface area contributed by atoms with Crippen LogP contribution in [0.15, 0.2) is 18.2 Å². The minimum absolute atomic E-state index is 0.332. The second kappa shape index (κ2) is 7.13. The summed E-state index contributed by atoms with van der Waals surface area (Å²) in [6, 6.07) is 5.53. The molecule has 0 bridgehead atoms. The van der Waals surface area contributed by atoms with E-state index in [4.69, 9.17) is 16.3 Å². The SMILES string of the molecule is Cc1cc(Cl)ccc1OC[C@H](O)CN1CCCCC1. The van der Waals surface area contributed by atoms with Crippen molar-refractivity contribution in [2.75, 3.05) is 26.2 Å². The topological polar surface area (TPSA) is 32.7 Å². The van der Waals surface area contributed by atoms with Gasteiger partial charge in [0.15, 0.2) is 0 Å². The molecular formula is C15H22ClNO2. The summed E-state index contributed by atoms with van der Waals surface area (Å²) in [5, 5.41) is 10.7. The number of aliphatic hydroxyl groups is 1. The highest BCUT2D eigenvalue weighted by Crippen LogP contribution is 2.22. The molecule has 1 N–H and O–H groups in total.